The first kappa shape index (κ1) is 17.1. The Balaban J connectivity index is 2.08. The van der Waals surface area contributed by atoms with Crippen LogP contribution in [0.1, 0.15) is 13.3 Å². The topological polar surface area (TPSA) is 77.1 Å². The third-order valence-corrected chi connectivity index (χ3v) is 3.80. The average Bonchev–Trinajstić information content (AvgIpc) is 2.56. The van der Waals surface area contributed by atoms with Crippen LogP contribution in [0.2, 0.25) is 0 Å². The first-order chi connectivity index (χ1) is 11.1. The van der Waals surface area contributed by atoms with Crippen molar-refractivity contribution in [3.8, 4) is 11.5 Å². The third kappa shape index (κ3) is 4.13. The number of carbonyl (C=O) groups is 2. The van der Waals surface area contributed by atoms with Crippen molar-refractivity contribution < 1.29 is 23.8 Å². The van der Waals surface area contributed by atoms with E-state index in [0.717, 1.165) is 0 Å². The smallest absolute Gasteiger partial charge is 0.323 e. The van der Waals surface area contributed by atoms with Gasteiger partial charge in [-0.2, -0.15) is 0 Å². The van der Waals surface area contributed by atoms with Crippen LogP contribution in [0.5, 0.6) is 11.5 Å². The van der Waals surface area contributed by atoms with Crippen LogP contribution in [0.4, 0.5) is 5.69 Å². The van der Waals surface area contributed by atoms with Crippen LogP contribution >= 0.6 is 0 Å². The molecule has 1 aromatic carbocycles. The third-order valence-electron chi connectivity index (χ3n) is 3.80. The fraction of sp³-hybridized carbons (Fsp3) is 0.500. The van der Waals surface area contributed by atoms with Gasteiger partial charge in [0, 0.05) is 12.6 Å². The maximum absolute atomic E-state index is 12.3. The highest BCUT2D eigenvalue weighted by atomic mass is 16.5. The van der Waals surface area contributed by atoms with Crippen LogP contribution in [0.15, 0.2) is 18.2 Å². The van der Waals surface area contributed by atoms with E-state index in [1.54, 1.807) is 25.3 Å². The number of morpholine rings is 1. The molecular weight excluding hydrogens is 300 g/mol. The van der Waals surface area contributed by atoms with Crippen molar-refractivity contribution in [1.29, 1.82) is 0 Å². The summed E-state index contributed by atoms with van der Waals surface area (Å²) in [5.74, 6) is 0.496. The van der Waals surface area contributed by atoms with E-state index in [1.807, 2.05) is 11.8 Å². The summed E-state index contributed by atoms with van der Waals surface area (Å²) in [4.78, 5) is 26.1. The van der Waals surface area contributed by atoms with E-state index < -0.39 is 6.04 Å². The minimum atomic E-state index is -0.551. The lowest BCUT2D eigenvalue weighted by molar-refractivity contribution is -0.158. The second-order valence-corrected chi connectivity index (χ2v) is 5.13. The molecule has 0 saturated carbocycles. The maximum Gasteiger partial charge on any atom is 0.323 e. The second-order valence-electron chi connectivity index (χ2n) is 5.13. The van der Waals surface area contributed by atoms with Gasteiger partial charge in [0.15, 0.2) is 0 Å². The van der Waals surface area contributed by atoms with Crippen molar-refractivity contribution in [2.75, 3.05) is 39.2 Å². The molecule has 1 atom stereocenters. The Bertz CT molecular complexity index is 576. The minimum Gasteiger partial charge on any atom is -0.497 e. The highest BCUT2D eigenvalue weighted by molar-refractivity contribution is 5.95. The molecule has 0 bridgehead atoms. The van der Waals surface area contributed by atoms with Gasteiger partial charge in [0.05, 0.1) is 26.3 Å². The zero-order chi connectivity index (χ0) is 16.8. The number of nitrogens with one attached hydrogen (secondary N) is 1. The van der Waals surface area contributed by atoms with Crippen LogP contribution in [0, 0.1) is 0 Å². The Kier molecular flexibility index (Phi) is 5.81. The molecule has 7 nitrogen and oxygen atoms in total. The lowest BCUT2D eigenvalue weighted by Gasteiger charge is -2.32. The number of ether oxygens (including phenoxy) is 3. The van der Waals surface area contributed by atoms with Crippen molar-refractivity contribution in [2.45, 2.75) is 19.4 Å². The lowest BCUT2D eigenvalue weighted by atomic mass is 10.1. The van der Waals surface area contributed by atoms with Gasteiger partial charge in [0.2, 0.25) is 5.91 Å². The first-order valence-electron chi connectivity index (χ1n) is 7.51. The number of hydrogen-bond acceptors (Lipinski definition) is 6. The van der Waals surface area contributed by atoms with Crippen molar-refractivity contribution in [1.82, 2.24) is 4.90 Å². The van der Waals surface area contributed by atoms with Gasteiger partial charge in [-0.25, -0.2) is 0 Å². The Morgan fingerprint density at radius 2 is 2.17 bits per heavy atom. The number of esters is 1. The van der Waals surface area contributed by atoms with Gasteiger partial charge in [0.1, 0.15) is 24.1 Å². The molecule has 23 heavy (non-hydrogen) atoms. The van der Waals surface area contributed by atoms with E-state index in [1.165, 1.54) is 7.11 Å². The predicted octanol–water partition coefficient (Wildman–Crippen LogP) is 1.28. The maximum atomic E-state index is 12.3. The Labute approximate surface area is 135 Å². The van der Waals surface area contributed by atoms with E-state index in [2.05, 4.69) is 5.32 Å². The molecule has 1 saturated heterocycles. The van der Waals surface area contributed by atoms with Crippen LogP contribution in [0.25, 0.3) is 0 Å². The summed E-state index contributed by atoms with van der Waals surface area (Å²) in [6.07, 6.45) is 0.0348. The monoisotopic (exact) mass is 322 g/mol. The second kappa shape index (κ2) is 7.82. The molecule has 0 aromatic heterocycles. The van der Waals surface area contributed by atoms with Crippen LogP contribution in [-0.2, 0) is 14.3 Å². The number of hydrogen-bond donors (Lipinski definition) is 1. The summed E-state index contributed by atoms with van der Waals surface area (Å²) in [7, 11) is 3.07. The van der Waals surface area contributed by atoms with Gasteiger partial charge in [-0.1, -0.05) is 6.92 Å². The molecular formula is C16H22N2O5. The largest absolute Gasteiger partial charge is 0.497 e. The van der Waals surface area contributed by atoms with Gasteiger partial charge in [-0.05, 0) is 18.7 Å². The summed E-state index contributed by atoms with van der Waals surface area (Å²) >= 11 is 0. The van der Waals surface area contributed by atoms with Gasteiger partial charge >= 0.3 is 5.97 Å². The Morgan fingerprint density at radius 1 is 1.39 bits per heavy atom. The lowest BCUT2D eigenvalue weighted by Crippen LogP contribution is -2.50. The number of amides is 1. The number of rotatable bonds is 6. The molecule has 0 spiro atoms. The molecule has 1 N–H and O–H groups in total. The van der Waals surface area contributed by atoms with Crippen molar-refractivity contribution >= 4 is 17.6 Å². The molecule has 0 radical (unpaired) electrons. The van der Waals surface area contributed by atoms with Gasteiger partial charge in [0.25, 0.3) is 0 Å². The molecule has 1 amide bonds. The van der Waals surface area contributed by atoms with Crippen LogP contribution < -0.4 is 14.8 Å². The average molecular weight is 322 g/mol. The van der Waals surface area contributed by atoms with E-state index in [4.69, 9.17) is 14.2 Å². The zero-order valence-corrected chi connectivity index (χ0v) is 13.6. The van der Waals surface area contributed by atoms with Gasteiger partial charge in [-0.3, -0.25) is 14.5 Å². The summed E-state index contributed by atoms with van der Waals surface area (Å²) in [6, 6.07) is 4.58. The van der Waals surface area contributed by atoms with E-state index in [-0.39, 0.29) is 18.3 Å². The summed E-state index contributed by atoms with van der Waals surface area (Å²) < 4.78 is 15.4. The number of nitrogens with zero attached hydrogens (tertiary/aromatic N) is 1. The molecule has 2 rings (SSSR count). The summed E-state index contributed by atoms with van der Waals surface area (Å²) in [5.41, 5.74) is 0.504. The predicted molar refractivity (Wildman–Crippen MR) is 84.8 cm³/mol. The highest BCUT2D eigenvalue weighted by Crippen LogP contribution is 2.29. The van der Waals surface area contributed by atoms with Crippen molar-refractivity contribution in [2.24, 2.45) is 0 Å². The van der Waals surface area contributed by atoms with E-state index >= 15 is 0 Å². The van der Waals surface area contributed by atoms with Crippen LogP contribution in [-0.4, -0.2) is 56.7 Å². The molecule has 0 aliphatic carbocycles. The molecule has 1 heterocycles. The standard InChI is InChI=1S/C16H22N2O5/c1-4-18-7-8-23-16(20)13(18)10-15(19)17-12-9-11(21-2)5-6-14(12)22-3/h5-6,9,13H,4,7-8,10H2,1-3H3,(H,17,19)/t13-/m0/s1. The molecule has 1 fully saturated rings. The summed E-state index contributed by atoms with van der Waals surface area (Å²) in [5, 5.41) is 2.77. The van der Waals surface area contributed by atoms with Crippen molar-refractivity contribution in [3.63, 3.8) is 0 Å². The van der Waals surface area contributed by atoms with Gasteiger partial charge < -0.3 is 19.5 Å². The van der Waals surface area contributed by atoms with Crippen LogP contribution in [0.3, 0.4) is 0 Å². The number of carbonyl (C=O) groups excluding carboxylic acids is 2. The molecule has 7 heteroatoms. The minimum absolute atomic E-state index is 0.0348. The number of benzene rings is 1. The Morgan fingerprint density at radius 3 is 2.83 bits per heavy atom. The fourth-order valence-electron chi connectivity index (χ4n) is 2.54. The highest BCUT2D eigenvalue weighted by Gasteiger charge is 2.32. The number of methoxy groups -OCH3 is 2. The first-order valence-corrected chi connectivity index (χ1v) is 7.51. The number of likely N-dealkylation sites (N-methyl/N-ethyl adjacent to an activating group) is 1. The fourth-order valence-corrected chi connectivity index (χ4v) is 2.54. The summed E-state index contributed by atoms with van der Waals surface area (Å²) in [6.45, 7) is 3.65. The normalized spacial score (nSPS) is 18.2. The molecule has 1 aliphatic heterocycles. The Hall–Kier alpha value is -2.28. The number of anilines is 1. The van der Waals surface area contributed by atoms with Crippen molar-refractivity contribution in [3.05, 3.63) is 18.2 Å². The van der Waals surface area contributed by atoms with E-state index in [0.29, 0.717) is 36.9 Å². The molecule has 126 valence electrons. The van der Waals surface area contributed by atoms with E-state index in [9.17, 15) is 9.59 Å². The number of cyclic esters (lactones) is 1. The van der Waals surface area contributed by atoms with Gasteiger partial charge in [-0.15, -0.1) is 0 Å². The molecule has 1 aliphatic rings. The molecule has 1 aromatic rings. The zero-order valence-electron chi connectivity index (χ0n) is 13.6. The quantitative estimate of drug-likeness (QED) is 0.795. The molecule has 0 unspecified atom stereocenters. The SMILES string of the molecule is CCN1CCOC(=O)[C@@H]1CC(=O)Nc1cc(OC)ccc1OC.